The van der Waals surface area contributed by atoms with Crippen molar-refractivity contribution in [2.75, 3.05) is 38.2 Å². The fourth-order valence-electron chi connectivity index (χ4n) is 5.98. The van der Waals surface area contributed by atoms with Gasteiger partial charge in [-0.3, -0.25) is 4.98 Å². The number of allylic oxidation sites excluding steroid dienone is 3. The summed E-state index contributed by atoms with van der Waals surface area (Å²) in [6, 6.07) is 10.9. The standard InChI is InChI=1S/C30H30FN5O3.C4H8/c31-26-27(22-15-20(37)14-19-4-1-2-5-21(19)22)32-17-23-28(26)34-30(39-25-7-11-36-10-3-6-24(25)36)35-29(23)33-16-18-8-12-38-13-9-18;1-3-4-2/h1-2,4-5,14-15,17-18,37H,3,6-13,16H2,(H,33,34,35);3-4H,1-2H3/b;4-3-. The van der Waals surface area contributed by atoms with Crippen LogP contribution in [0.5, 0.6) is 11.8 Å². The first-order valence-corrected chi connectivity index (χ1v) is 15.2. The third kappa shape index (κ3) is 6.13. The topological polar surface area (TPSA) is 92.6 Å². The van der Waals surface area contributed by atoms with Crippen LogP contribution in [0, 0.1) is 11.7 Å². The number of nitrogens with zero attached hydrogens (tertiary/aromatic N) is 4. The van der Waals surface area contributed by atoms with E-state index in [0.717, 1.165) is 74.9 Å². The summed E-state index contributed by atoms with van der Waals surface area (Å²) in [6.45, 7) is 8.16. The molecule has 2 saturated heterocycles. The molecule has 0 unspecified atom stereocenters. The van der Waals surface area contributed by atoms with Gasteiger partial charge in [0.05, 0.1) is 11.1 Å². The van der Waals surface area contributed by atoms with E-state index < -0.39 is 5.82 Å². The van der Waals surface area contributed by atoms with E-state index in [-0.39, 0.29) is 23.0 Å². The van der Waals surface area contributed by atoms with Crippen LogP contribution >= 0.6 is 0 Å². The maximum Gasteiger partial charge on any atom is 0.324 e. The van der Waals surface area contributed by atoms with Gasteiger partial charge in [0.2, 0.25) is 0 Å². The van der Waals surface area contributed by atoms with Gasteiger partial charge in [0, 0.05) is 51.0 Å². The summed E-state index contributed by atoms with van der Waals surface area (Å²) in [5, 5.41) is 15.9. The van der Waals surface area contributed by atoms with Crippen LogP contribution in [-0.2, 0) is 4.74 Å². The summed E-state index contributed by atoms with van der Waals surface area (Å²) in [7, 11) is 0. The van der Waals surface area contributed by atoms with E-state index in [1.165, 1.54) is 5.70 Å². The molecule has 8 nitrogen and oxygen atoms in total. The lowest BCUT2D eigenvalue weighted by atomic mass is 10.00. The monoisotopic (exact) mass is 583 g/mol. The molecule has 2 aromatic carbocycles. The molecular formula is C34H38FN5O3. The van der Waals surface area contributed by atoms with E-state index >= 15 is 4.39 Å². The van der Waals surface area contributed by atoms with Gasteiger partial charge in [-0.25, -0.2) is 4.39 Å². The third-order valence-electron chi connectivity index (χ3n) is 8.37. The largest absolute Gasteiger partial charge is 0.508 e. The minimum absolute atomic E-state index is 0.0475. The molecule has 0 saturated carbocycles. The number of nitrogens with one attached hydrogen (secondary N) is 1. The fraction of sp³-hybridized carbons (Fsp3) is 0.382. The van der Waals surface area contributed by atoms with Gasteiger partial charge in [-0.1, -0.05) is 36.4 Å². The lowest BCUT2D eigenvalue weighted by Crippen LogP contribution is -2.23. The Balaban J connectivity index is 0.000000777. The summed E-state index contributed by atoms with van der Waals surface area (Å²) in [5.41, 5.74) is 1.97. The fourth-order valence-corrected chi connectivity index (χ4v) is 5.98. The molecular weight excluding hydrogens is 545 g/mol. The first kappa shape index (κ1) is 28.9. The molecule has 3 aliphatic rings. The summed E-state index contributed by atoms with van der Waals surface area (Å²) in [4.78, 5) is 16.1. The molecule has 0 amide bonds. The molecule has 2 aromatic heterocycles. The molecule has 224 valence electrons. The lowest BCUT2D eigenvalue weighted by molar-refractivity contribution is 0.0699. The van der Waals surface area contributed by atoms with Crippen molar-refractivity contribution in [2.24, 2.45) is 5.92 Å². The second kappa shape index (κ2) is 13.0. The van der Waals surface area contributed by atoms with Crippen molar-refractivity contribution in [2.45, 2.75) is 46.0 Å². The maximum absolute atomic E-state index is 16.3. The molecule has 0 spiro atoms. The van der Waals surface area contributed by atoms with Gasteiger partial charge >= 0.3 is 6.01 Å². The number of hydrogen-bond donors (Lipinski definition) is 2. The van der Waals surface area contributed by atoms with Crippen LogP contribution in [0.1, 0.15) is 46.0 Å². The van der Waals surface area contributed by atoms with Crippen molar-refractivity contribution >= 4 is 27.5 Å². The second-order valence-corrected chi connectivity index (χ2v) is 11.2. The minimum atomic E-state index is -0.573. The molecule has 0 atom stereocenters. The smallest absolute Gasteiger partial charge is 0.324 e. The van der Waals surface area contributed by atoms with E-state index in [1.54, 1.807) is 18.3 Å². The summed E-state index contributed by atoms with van der Waals surface area (Å²) < 4.78 is 28.1. The number of pyridine rings is 1. The number of rotatable bonds is 6. The van der Waals surface area contributed by atoms with Crippen LogP contribution < -0.4 is 10.1 Å². The van der Waals surface area contributed by atoms with Crippen LogP contribution in [0.4, 0.5) is 10.2 Å². The average molecular weight is 584 g/mol. The molecule has 2 N–H and O–H groups in total. The quantitative estimate of drug-likeness (QED) is 0.230. The Labute approximate surface area is 251 Å². The highest BCUT2D eigenvalue weighted by Gasteiger charge is 2.29. The van der Waals surface area contributed by atoms with Crippen molar-refractivity contribution in [3.8, 4) is 23.0 Å². The van der Waals surface area contributed by atoms with Gasteiger partial charge in [0.25, 0.3) is 0 Å². The molecule has 43 heavy (non-hydrogen) atoms. The Morgan fingerprint density at radius 1 is 1.07 bits per heavy atom. The Bertz CT molecular complexity index is 1680. The van der Waals surface area contributed by atoms with E-state index in [0.29, 0.717) is 29.2 Å². The molecule has 0 bridgehead atoms. The summed E-state index contributed by atoms with van der Waals surface area (Å²) in [6.07, 6.45) is 10.4. The first-order valence-electron chi connectivity index (χ1n) is 15.2. The Morgan fingerprint density at radius 2 is 1.88 bits per heavy atom. The second-order valence-electron chi connectivity index (χ2n) is 11.2. The van der Waals surface area contributed by atoms with Crippen molar-refractivity contribution in [1.82, 2.24) is 19.9 Å². The molecule has 5 heterocycles. The summed E-state index contributed by atoms with van der Waals surface area (Å²) >= 11 is 0. The zero-order valence-electron chi connectivity index (χ0n) is 24.8. The van der Waals surface area contributed by atoms with Crippen LogP contribution in [-0.4, -0.2) is 57.8 Å². The van der Waals surface area contributed by atoms with Crippen LogP contribution in [0.3, 0.4) is 0 Å². The number of benzene rings is 2. The van der Waals surface area contributed by atoms with Crippen molar-refractivity contribution in [1.29, 1.82) is 0 Å². The molecule has 0 radical (unpaired) electrons. The van der Waals surface area contributed by atoms with E-state index in [4.69, 9.17) is 14.5 Å². The van der Waals surface area contributed by atoms with E-state index in [1.807, 2.05) is 50.3 Å². The zero-order valence-corrected chi connectivity index (χ0v) is 24.8. The molecule has 7 rings (SSSR count). The molecule has 4 aromatic rings. The highest BCUT2D eigenvalue weighted by molar-refractivity contribution is 5.99. The summed E-state index contributed by atoms with van der Waals surface area (Å²) in [5.74, 6) is 1.29. The third-order valence-corrected chi connectivity index (χ3v) is 8.37. The number of fused-ring (bicyclic) bond motifs is 3. The minimum Gasteiger partial charge on any atom is -0.508 e. The zero-order chi connectivity index (χ0) is 29.8. The molecule has 9 heteroatoms. The van der Waals surface area contributed by atoms with Crippen molar-refractivity contribution in [3.63, 3.8) is 0 Å². The number of halogens is 1. The Hall–Kier alpha value is -4.24. The van der Waals surface area contributed by atoms with Crippen molar-refractivity contribution in [3.05, 3.63) is 72.0 Å². The number of aromatic hydroxyl groups is 1. The van der Waals surface area contributed by atoms with E-state index in [9.17, 15) is 5.11 Å². The number of ether oxygens (including phenoxy) is 2. The molecule has 3 aliphatic heterocycles. The van der Waals surface area contributed by atoms with E-state index in [2.05, 4.69) is 20.2 Å². The van der Waals surface area contributed by atoms with Crippen LogP contribution in [0.2, 0.25) is 0 Å². The SMILES string of the molecule is C/C=C\C.Oc1cc(-c2ncc3c(NCC4CCOCC4)nc(OC4=C5CCCN5CC4)nc3c2F)c2ccccc2c1. The van der Waals surface area contributed by atoms with Gasteiger partial charge in [-0.2, -0.15) is 9.97 Å². The number of phenols is 1. The maximum atomic E-state index is 16.3. The van der Waals surface area contributed by atoms with Gasteiger partial charge in [-0.05, 0) is 68.4 Å². The van der Waals surface area contributed by atoms with Gasteiger partial charge < -0.3 is 24.8 Å². The molecule has 0 aliphatic carbocycles. The van der Waals surface area contributed by atoms with Crippen LogP contribution in [0.15, 0.2) is 66.2 Å². The number of hydrogen-bond acceptors (Lipinski definition) is 8. The average Bonchev–Trinajstić information content (AvgIpc) is 3.66. The first-order chi connectivity index (χ1) is 21.1. The lowest BCUT2D eigenvalue weighted by Gasteiger charge is -2.23. The predicted molar refractivity (Wildman–Crippen MR) is 167 cm³/mol. The van der Waals surface area contributed by atoms with Gasteiger partial charge in [0.15, 0.2) is 5.82 Å². The Kier molecular flexibility index (Phi) is 8.69. The molecule has 2 fully saturated rings. The highest BCUT2D eigenvalue weighted by Crippen LogP contribution is 2.37. The Morgan fingerprint density at radius 3 is 2.70 bits per heavy atom. The highest BCUT2D eigenvalue weighted by atomic mass is 19.1. The predicted octanol–water partition coefficient (Wildman–Crippen LogP) is 7.20. The number of anilines is 1. The van der Waals surface area contributed by atoms with Gasteiger partial charge in [0.1, 0.15) is 28.5 Å². The van der Waals surface area contributed by atoms with Crippen molar-refractivity contribution < 1.29 is 19.0 Å². The van der Waals surface area contributed by atoms with Crippen LogP contribution in [0.25, 0.3) is 32.9 Å². The number of phenolic OH excluding ortho intramolecular Hbond substituents is 1. The normalized spacial score (nSPS) is 17.0. The number of aromatic nitrogens is 3. The van der Waals surface area contributed by atoms with Gasteiger partial charge in [-0.15, -0.1) is 0 Å².